The summed E-state index contributed by atoms with van der Waals surface area (Å²) in [5.41, 5.74) is 1.95. The molecule has 2 heterocycles. The summed E-state index contributed by atoms with van der Waals surface area (Å²) in [7, 11) is 1.86. The van der Waals surface area contributed by atoms with Crippen LogP contribution in [-0.4, -0.2) is 32.5 Å². The van der Waals surface area contributed by atoms with E-state index in [0.717, 1.165) is 24.2 Å². The number of hydrogen-bond acceptors (Lipinski definition) is 5. The van der Waals surface area contributed by atoms with Crippen LogP contribution in [0, 0.1) is 6.92 Å². The van der Waals surface area contributed by atoms with Gasteiger partial charge in [-0.15, -0.1) is 0 Å². The number of aryl methyl sites for hydroxylation is 2. The number of ether oxygens (including phenoxy) is 1. The van der Waals surface area contributed by atoms with Gasteiger partial charge >= 0.3 is 0 Å². The lowest BCUT2D eigenvalue weighted by Gasteiger charge is -2.10. The summed E-state index contributed by atoms with van der Waals surface area (Å²) in [6.07, 6.45) is 3.81. The molecular formula is C15H22N4O2. The van der Waals surface area contributed by atoms with Crippen molar-refractivity contribution in [3.05, 3.63) is 35.8 Å². The Bertz CT molecular complexity index is 567. The van der Waals surface area contributed by atoms with Gasteiger partial charge in [0.05, 0.1) is 23.6 Å². The van der Waals surface area contributed by atoms with Gasteiger partial charge in [-0.3, -0.25) is 4.98 Å². The zero-order valence-corrected chi connectivity index (χ0v) is 12.7. The molecule has 0 fully saturated rings. The molecule has 2 aromatic heterocycles. The first-order valence-electron chi connectivity index (χ1n) is 7.07. The number of pyridine rings is 1. The average molecular weight is 290 g/mol. The van der Waals surface area contributed by atoms with E-state index in [-0.39, 0.29) is 6.10 Å². The topological polar surface area (TPSA) is 72.2 Å². The number of nitrogens with one attached hydrogen (secondary N) is 1. The quantitative estimate of drug-likeness (QED) is 0.760. The molecular weight excluding hydrogens is 268 g/mol. The molecule has 0 aromatic carbocycles. The zero-order chi connectivity index (χ0) is 15.2. The van der Waals surface area contributed by atoms with E-state index in [9.17, 15) is 5.11 Å². The van der Waals surface area contributed by atoms with Crippen LogP contribution in [0.4, 0.5) is 0 Å². The summed E-state index contributed by atoms with van der Waals surface area (Å²) in [5.74, 6) is 1.40. The number of nitrogens with zero attached hydrogens (tertiary/aromatic N) is 3. The standard InChI is InChI=1S/C15H22N4O2/c1-11(20)6-8-17-10-14-12(2)18-19(3)15(14)21-13-5-4-7-16-9-13/h4-5,7,9,11,17,20H,6,8,10H2,1-3H3. The Morgan fingerprint density at radius 3 is 2.95 bits per heavy atom. The predicted octanol–water partition coefficient (Wildman–Crippen LogP) is 1.78. The van der Waals surface area contributed by atoms with E-state index < -0.39 is 0 Å². The molecule has 6 heteroatoms. The van der Waals surface area contributed by atoms with Crippen LogP contribution < -0.4 is 10.1 Å². The molecule has 0 aliphatic heterocycles. The summed E-state index contributed by atoms with van der Waals surface area (Å²) in [4.78, 5) is 4.04. The Morgan fingerprint density at radius 1 is 1.48 bits per heavy atom. The molecule has 0 bridgehead atoms. The molecule has 0 spiro atoms. The summed E-state index contributed by atoms with van der Waals surface area (Å²) in [5, 5.41) is 17.0. The maximum absolute atomic E-state index is 9.27. The minimum atomic E-state index is -0.293. The molecule has 1 atom stereocenters. The fraction of sp³-hybridized carbons (Fsp3) is 0.467. The third-order valence-corrected chi connectivity index (χ3v) is 3.18. The highest BCUT2D eigenvalue weighted by molar-refractivity contribution is 5.34. The lowest BCUT2D eigenvalue weighted by atomic mass is 10.2. The van der Waals surface area contributed by atoms with Crippen molar-refractivity contribution in [2.75, 3.05) is 6.54 Å². The van der Waals surface area contributed by atoms with Gasteiger partial charge in [0.25, 0.3) is 0 Å². The van der Waals surface area contributed by atoms with Crippen LogP contribution in [-0.2, 0) is 13.6 Å². The highest BCUT2D eigenvalue weighted by Gasteiger charge is 2.15. The number of aliphatic hydroxyl groups excluding tert-OH is 1. The highest BCUT2D eigenvalue weighted by Crippen LogP contribution is 2.26. The second kappa shape index (κ2) is 7.19. The molecule has 21 heavy (non-hydrogen) atoms. The number of hydrogen-bond donors (Lipinski definition) is 2. The van der Waals surface area contributed by atoms with Crippen LogP contribution in [0.1, 0.15) is 24.6 Å². The van der Waals surface area contributed by atoms with E-state index in [1.165, 1.54) is 0 Å². The first kappa shape index (κ1) is 15.5. The maximum atomic E-state index is 9.27. The van der Waals surface area contributed by atoms with Crippen LogP contribution in [0.2, 0.25) is 0 Å². The fourth-order valence-corrected chi connectivity index (χ4v) is 2.06. The normalized spacial score (nSPS) is 12.4. The van der Waals surface area contributed by atoms with Gasteiger partial charge in [0.2, 0.25) is 5.88 Å². The van der Waals surface area contributed by atoms with E-state index in [1.807, 2.05) is 26.1 Å². The van der Waals surface area contributed by atoms with Crippen LogP contribution in [0.5, 0.6) is 11.6 Å². The lowest BCUT2D eigenvalue weighted by Crippen LogP contribution is -2.19. The Kier molecular flexibility index (Phi) is 5.30. The Balaban J connectivity index is 2.06. The molecule has 2 rings (SSSR count). The summed E-state index contributed by atoms with van der Waals surface area (Å²) < 4.78 is 7.62. The second-order valence-electron chi connectivity index (χ2n) is 5.10. The van der Waals surface area contributed by atoms with E-state index >= 15 is 0 Å². The van der Waals surface area contributed by atoms with Crippen molar-refractivity contribution in [3.8, 4) is 11.6 Å². The van der Waals surface area contributed by atoms with Gasteiger partial charge in [-0.1, -0.05) is 0 Å². The predicted molar refractivity (Wildman–Crippen MR) is 80.3 cm³/mol. The molecule has 114 valence electrons. The van der Waals surface area contributed by atoms with E-state index in [0.29, 0.717) is 18.2 Å². The molecule has 0 radical (unpaired) electrons. The van der Waals surface area contributed by atoms with Gasteiger partial charge in [0.1, 0.15) is 5.75 Å². The molecule has 0 aliphatic rings. The Morgan fingerprint density at radius 2 is 2.29 bits per heavy atom. The molecule has 2 N–H and O–H groups in total. The van der Waals surface area contributed by atoms with E-state index in [4.69, 9.17) is 4.74 Å². The van der Waals surface area contributed by atoms with Crippen molar-refractivity contribution in [2.45, 2.75) is 32.9 Å². The van der Waals surface area contributed by atoms with Gasteiger partial charge in [0, 0.05) is 19.8 Å². The Labute approximate surface area is 124 Å². The number of aromatic nitrogens is 3. The third-order valence-electron chi connectivity index (χ3n) is 3.18. The second-order valence-corrected chi connectivity index (χ2v) is 5.10. The third kappa shape index (κ3) is 4.27. The smallest absolute Gasteiger partial charge is 0.222 e. The van der Waals surface area contributed by atoms with E-state index in [2.05, 4.69) is 15.4 Å². The van der Waals surface area contributed by atoms with Crippen molar-refractivity contribution >= 4 is 0 Å². The fourth-order valence-electron chi connectivity index (χ4n) is 2.06. The molecule has 6 nitrogen and oxygen atoms in total. The van der Waals surface area contributed by atoms with Gasteiger partial charge in [-0.25, -0.2) is 4.68 Å². The minimum Gasteiger partial charge on any atom is -0.437 e. The van der Waals surface area contributed by atoms with E-state index in [1.54, 1.807) is 24.0 Å². The number of rotatable bonds is 7. The maximum Gasteiger partial charge on any atom is 0.222 e. The summed E-state index contributed by atoms with van der Waals surface area (Å²) >= 11 is 0. The molecule has 0 aliphatic carbocycles. The van der Waals surface area contributed by atoms with Gasteiger partial charge < -0.3 is 15.2 Å². The van der Waals surface area contributed by atoms with Crippen LogP contribution in [0.15, 0.2) is 24.5 Å². The summed E-state index contributed by atoms with van der Waals surface area (Å²) in [6, 6.07) is 3.69. The summed E-state index contributed by atoms with van der Waals surface area (Å²) in [6.45, 7) is 5.15. The monoisotopic (exact) mass is 290 g/mol. The van der Waals surface area contributed by atoms with Crippen molar-refractivity contribution < 1.29 is 9.84 Å². The van der Waals surface area contributed by atoms with Gasteiger partial charge in [-0.05, 0) is 38.9 Å². The Hall–Kier alpha value is -1.92. The molecule has 0 saturated carbocycles. The van der Waals surface area contributed by atoms with Crippen molar-refractivity contribution in [1.82, 2.24) is 20.1 Å². The molecule has 0 saturated heterocycles. The van der Waals surface area contributed by atoms with Crippen LogP contribution >= 0.6 is 0 Å². The van der Waals surface area contributed by atoms with Crippen molar-refractivity contribution in [2.24, 2.45) is 7.05 Å². The first-order valence-corrected chi connectivity index (χ1v) is 7.07. The highest BCUT2D eigenvalue weighted by atomic mass is 16.5. The van der Waals surface area contributed by atoms with Crippen LogP contribution in [0.25, 0.3) is 0 Å². The molecule has 1 unspecified atom stereocenters. The van der Waals surface area contributed by atoms with Gasteiger partial charge in [-0.2, -0.15) is 5.10 Å². The van der Waals surface area contributed by atoms with Crippen molar-refractivity contribution in [1.29, 1.82) is 0 Å². The number of aliphatic hydroxyl groups is 1. The van der Waals surface area contributed by atoms with Crippen LogP contribution in [0.3, 0.4) is 0 Å². The molecule has 0 amide bonds. The average Bonchev–Trinajstić information content (AvgIpc) is 2.71. The largest absolute Gasteiger partial charge is 0.437 e. The minimum absolute atomic E-state index is 0.293. The van der Waals surface area contributed by atoms with Crippen molar-refractivity contribution in [3.63, 3.8) is 0 Å². The first-order chi connectivity index (χ1) is 10.1. The zero-order valence-electron chi connectivity index (χ0n) is 12.7. The lowest BCUT2D eigenvalue weighted by molar-refractivity contribution is 0.183. The molecule has 2 aromatic rings. The SMILES string of the molecule is Cc1nn(C)c(Oc2cccnc2)c1CNCCC(C)O. The van der Waals surface area contributed by atoms with Gasteiger partial charge in [0.15, 0.2) is 0 Å².